The van der Waals surface area contributed by atoms with Crippen LogP contribution in [0.3, 0.4) is 0 Å². The summed E-state index contributed by atoms with van der Waals surface area (Å²) in [7, 11) is 0. The maximum atomic E-state index is 10.3. The first-order chi connectivity index (χ1) is 8.37. The number of morpholine rings is 1. The molecule has 4 unspecified atom stereocenters. The Hall–Kier alpha value is -0.120. The van der Waals surface area contributed by atoms with E-state index in [9.17, 15) is 5.11 Å². The van der Waals surface area contributed by atoms with Crippen LogP contribution in [0.4, 0.5) is 0 Å². The van der Waals surface area contributed by atoms with E-state index in [1.807, 2.05) is 0 Å². The molecule has 0 amide bonds. The monoisotopic (exact) mass is 255 g/mol. The summed E-state index contributed by atoms with van der Waals surface area (Å²) >= 11 is 0. The van der Waals surface area contributed by atoms with Crippen molar-refractivity contribution in [3.05, 3.63) is 0 Å². The Bertz CT molecular complexity index is 268. The molecule has 0 aromatic rings. The standard InChI is InChI=1S/C15H29NO2/c1-11-7-12(2)13(14(17)8-11)9-16-5-6-18-15(3,4)10-16/h11-14,17H,5-10H2,1-4H3. The summed E-state index contributed by atoms with van der Waals surface area (Å²) in [6.07, 6.45) is 2.12. The van der Waals surface area contributed by atoms with Gasteiger partial charge in [0.25, 0.3) is 0 Å². The molecule has 0 bridgehead atoms. The number of nitrogens with zero attached hydrogens (tertiary/aromatic N) is 1. The third-order valence-corrected chi connectivity index (χ3v) is 4.62. The quantitative estimate of drug-likeness (QED) is 0.820. The first-order valence-corrected chi connectivity index (χ1v) is 7.42. The van der Waals surface area contributed by atoms with Gasteiger partial charge in [0.1, 0.15) is 0 Å². The van der Waals surface area contributed by atoms with Gasteiger partial charge in [-0.15, -0.1) is 0 Å². The third kappa shape index (κ3) is 3.46. The van der Waals surface area contributed by atoms with Crippen LogP contribution in [-0.2, 0) is 4.74 Å². The van der Waals surface area contributed by atoms with E-state index in [0.29, 0.717) is 17.8 Å². The molecular formula is C15H29NO2. The van der Waals surface area contributed by atoms with Crippen LogP contribution in [-0.4, -0.2) is 48.0 Å². The molecule has 0 radical (unpaired) electrons. The van der Waals surface area contributed by atoms with Gasteiger partial charge in [-0.2, -0.15) is 0 Å². The zero-order valence-corrected chi connectivity index (χ0v) is 12.4. The summed E-state index contributed by atoms with van der Waals surface area (Å²) in [5.41, 5.74) is -0.0333. The van der Waals surface area contributed by atoms with Gasteiger partial charge in [0.05, 0.1) is 18.3 Å². The molecule has 106 valence electrons. The Kier molecular flexibility index (Phi) is 4.35. The molecule has 0 spiro atoms. The van der Waals surface area contributed by atoms with Crippen LogP contribution < -0.4 is 0 Å². The van der Waals surface area contributed by atoms with Gasteiger partial charge >= 0.3 is 0 Å². The lowest BCUT2D eigenvalue weighted by atomic mass is 9.73. The summed E-state index contributed by atoms with van der Waals surface area (Å²) < 4.78 is 5.75. The van der Waals surface area contributed by atoms with E-state index in [4.69, 9.17) is 4.74 Å². The minimum absolute atomic E-state index is 0.0333. The molecule has 2 aliphatic rings. The Morgan fingerprint density at radius 1 is 1.28 bits per heavy atom. The van der Waals surface area contributed by atoms with E-state index in [1.165, 1.54) is 6.42 Å². The van der Waals surface area contributed by atoms with Crippen LogP contribution in [0.2, 0.25) is 0 Å². The first-order valence-electron chi connectivity index (χ1n) is 7.42. The highest BCUT2D eigenvalue weighted by Gasteiger charge is 2.36. The SMILES string of the molecule is CC1CC(C)C(CN2CCOC(C)(C)C2)C(O)C1. The molecule has 3 heteroatoms. The molecule has 1 saturated heterocycles. The number of aliphatic hydroxyl groups excluding tert-OH is 1. The molecule has 1 aliphatic heterocycles. The molecule has 1 saturated carbocycles. The molecule has 4 atom stereocenters. The lowest BCUT2D eigenvalue weighted by molar-refractivity contribution is -0.0995. The third-order valence-electron chi connectivity index (χ3n) is 4.62. The van der Waals surface area contributed by atoms with Crippen LogP contribution in [0.15, 0.2) is 0 Å². The largest absolute Gasteiger partial charge is 0.393 e. The van der Waals surface area contributed by atoms with E-state index in [-0.39, 0.29) is 11.7 Å². The fourth-order valence-electron chi connectivity index (χ4n) is 3.74. The van der Waals surface area contributed by atoms with E-state index in [2.05, 4.69) is 32.6 Å². The Morgan fingerprint density at radius 3 is 2.61 bits per heavy atom. The zero-order valence-electron chi connectivity index (χ0n) is 12.4. The normalized spacial score (nSPS) is 41.8. The molecule has 18 heavy (non-hydrogen) atoms. The second-order valence-electron chi connectivity index (χ2n) is 7.13. The lowest BCUT2D eigenvalue weighted by Gasteiger charge is -2.43. The fourth-order valence-corrected chi connectivity index (χ4v) is 3.74. The Labute approximate surface area is 112 Å². The molecule has 1 heterocycles. The van der Waals surface area contributed by atoms with Gasteiger partial charge in [-0.3, -0.25) is 4.90 Å². The average Bonchev–Trinajstić information content (AvgIpc) is 2.22. The van der Waals surface area contributed by atoms with E-state index < -0.39 is 0 Å². The van der Waals surface area contributed by atoms with Crippen LogP contribution in [0.1, 0.15) is 40.5 Å². The molecule has 0 aromatic carbocycles. The first kappa shape index (κ1) is 14.3. The molecular weight excluding hydrogens is 226 g/mol. The second-order valence-corrected chi connectivity index (χ2v) is 7.13. The fraction of sp³-hybridized carbons (Fsp3) is 1.00. The van der Waals surface area contributed by atoms with Gasteiger partial charge in [0, 0.05) is 25.6 Å². The summed E-state index contributed by atoms with van der Waals surface area (Å²) in [6, 6.07) is 0. The predicted molar refractivity (Wildman–Crippen MR) is 73.5 cm³/mol. The van der Waals surface area contributed by atoms with Gasteiger partial charge in [-0.25, -0.2) is 0 Å². The molecule has 1 N–H and O–H groups in total. The molecule has 0 aromatic heterocycles. The topological polar surface area (TPSA) is 32.7 Å². The van der Waals surface area contributed by atoms with Crippen molar-refractivity contribution in [1.82, 2.24) is 4.90 Å². The van der Waals surface area contributed by atoms with E-state index in [0.717, 1.165) is 32.7 Å². The van der Waals surface area contributed by atoms with Crippen LogP contribution in [0.25, 0.3) is 0 Å². The minimum Gasteiger partial charge on any atom is -0.393 e. The smallest absolute Gasteiger partial charge is 0.0753 e. The maximum Gasteiger partial charge on any atom is 0.0753 e. The lowest BCUT2D eigenvalue weighted by Crippen LogP contribution is -2.52. The van der Waals surface area contributed by atoms with Crippen molar-refractivity contribution in [2.75, 3.05) is 26.2 Å². The Balaban J connectivity index is 1.92. The van der Waals surface area contributed by atoms with Crippen molar-refractivity contribution >= 4 is 0 Å². The maximum absolute atomic E-state index is 10.3. The van der Waals surface area contributed by atoms with Gasteiger partial charge in [-0.05, 0) is 38.5 Å². The molecule has 1 aliphatic carbocycles. The molecule has 3 nitrogen and oxygen atoms in total. The highest BCUT2D eigenvalue weighted by molar-refractivity contribution is 4.87. The zero-order chi connectivity index (χ0) is 13.3. The van der Waals surface area contributed by atoms with Gasteiger partial charge in [0.15, 0.2) is 0 Å². The molecule has 2 rings (SSSR count). The number of ether oxygens (including phenoxy) is 1. The van der Waals surface area contributed by atoms with E-state index >= 15 is 0 Å². The van der Waals surface area contributed by atoms with Crippen LogP contribution in [0, 0.1) is 17.8 Å². The summed E-state index contributed by atoms with van der Waals surface area (Å²) in [4.78, 5) is 2.48. The van der Waals surface area contributed by atoms with Gasteiger partial charge < -0.3 is 9.84 Å². The average molecular weight is 255 g/mol. The van der Waals surface area contributed by atoms with Gasteiger partial charge in [0.2, 0.25) is 0 Å². The van der Waals surface area contributed by atoms with Gasteiger partial charge in [-0.1, -0.05) is 13.8 Å². The highest BCUT2D eigenvalue weighted by atomic mass is 16.5. The van der Waals surface area contributed by atoms with Crippen molar-refractivity contribution in [3.8, 4) is 0 Å². The van der Waals surface area contributed by atoms with Crippen LogP contribution in [0.5, 0.6) is 0 Å². The molecule has 2 fully saturated rings. The summed E-state index contributed by atoms with van der Waals surface area (Å²) in [5, 5.41) is 10.3. The predicted octanol–water partition coefficient (Wildman–Crippen LogP) is 2.14. The summed E-state index contributed by atoms with van der Waals surface area (Å²) in [6.45, 7) is 12.7. The Morgan fingerprint density at radius 2 is 2.00 bits per heavy atom. The van der Waals surface area contributed by atoms with Crippen molar-refractivity contribution in [3.63, 3.8) is 0 Å². The number of hydrogen-bond acceptors (Lipinski definition) is 3. The number of rotatable bonds is 2. The van der Waals surface area contributed by atoms with Crippen molar-refractivity contribution < 1.29 is 9.84 Å². The summed E-state index contributed by atoms with van der Waals surface area (Å²) in [5.74, 6) is 1.75. The van der Waals surface area contributed by atoms with Crippen LogP contribution >= 0.6 is 0 Å². The second kappa shape index (κ2) is 5.48. The minimum atomic E-state index is -0.116. The van der Waals surface area contributed by atoms with Crippen molar-refractivity contribution in [2.24, 2.45) is 17.8 Å². The van der Waals surface area contributed by atoms with Crippen molar-refractivity contribution in [2.45, 2.75) is 52.2 Å². The van der Waals surface area contributed by atoms with Crippen molar-refractivity contribution in [1.29, 1.82) is 0 Å². The highest BCUT2D eigenvalue weighted by Crippen LogP contribution is 2.34. The number of aliphatic hydroxyl groups is 1. The number of hydrogen-bond donors (Lipinski definition) is 1. The van der Waals surface area contributed by atoms with E-state index in [1.54, 1.807) is 0 Å².